The van der Waals surface area contributed by atoms with Crippen molar-refractivity contribution in [1.29, 1.82) is 0 Å². The number of aromatic nitrogens is 3. The van der Waals surface area contributed by atoms with E-state index in [4.69, 9.17) is 4.74 Å². The number of aryl methyl sites for hydroxylation is 1. The number of ketones is 1. The number of amides is 1. The Labute approximate surface area is 195 Å². The molecule has 0 spiro atoms. The molecule has 34 heavy (non-hydrogen) atoms. The Hall–Kier alpha value is -4.46. The van der Waals surface area contributed by atoms with E-state index < -0.39 is 17.7 Å². The number of ether oxygens (including phenoxy) is 1. The number of benzene rings is 2. The van der Waals surface area contributed by atoms with Crippen molar-refractivity contribution in [2.24, 2.45) is 0 Å². The van der Waals surface area contributed by atoms with Crippen LogP contribution in [0, 0.1) is 6.92 Å². The zero-order valence-corrected chi connectivity index (χ0v) is 18.6. The summed E-state index contributed by atoms with van der Waals surface area (Å²) >= 11 is 0. The van der Waals surface area contributed by atoms with Crippen LogP contribution < -0.4 is 9.64 Å². The number of rotatable bonds is 5. The Morgan fingerprint density at radius 1 is 1.09 bits per heavy atom. The second-order valence-electron chi connectivity index (χ2n) is 7.99. The molecule has 1 amide bonds. The van der Waals surface area contributed by atoms with Gasteiger partial charge in [-0.1, -0.05) is 6.07 Å². The minimum absolute atomic E-state index is 0.0167. The van der Waals surface area contributed by atoms with Gasteiger partial charge in [0.05, 0.1) is 29.3 Å². The van der Waals surface area contributed by atoms with Crippen LogP contribution in [0.15, 0.2) is 72.6 Å². The highest BCUT2D eigenvalue weighted by molar-refractivity contribution is 6.51. The standard InChI is InChI=1S/C26H22N4O4/c1-3-34-18-7-5-17(6-8-18)23(31)21-22(16-10-12-27-13-11-16)30(25(33)24(21)32)26-28-19-9-4-15(2)14-20(19)29-26/h4-14,22,31H,3H2,1-2H3,(H,28,29)/b23-21+. The Morgan fingerprint density at radius 2 is 1.82 bits per heavy atom. The number of imidazole rings is 1. The van der Waals surface area contributed by atoms with Crippen molar-refractivity contribution in [2.75, 3.05) is 11.5 Å². The van der Waals surface area contributed by atoms with Crippen LogP contribution in [-0.2, 0) is 9.59 Å². The summed E-state index contributed by atoms with van der Waals surface area (Å²) in [4.78, 5) is 39.5. The third-order valence-corrected chi connectivity index (χ3v) is 5.76. The molecule has 2 N–H and O–H groups in total. The molecule has 170 valence electrons. The van der Waals surface area contributed by atoms with Crippen LogP contribution in [0.2, 0.25) is 0 Å². The summed E-state index contributed by atoms with van der Waals surface area (Å²) in [5.41, 5.74) is 3.46. The first-order chi connectivity index (χ1) is 16.5. The Kier molecular flexibility index (Phi) is 5.33. The van der Waals surface area contributed by atoms with E-state index in [0.717, 1.165) is 11.1 Å². The molecule has 1 fully saturated rings. The van der Waals surface area contributed by atoms with Crippen LogP contribution in [0.1, 0.15) is 29.7 Å². The molecule has 2 aromatic heterocycles. The van der Waals surface area contributed by atoms with Crippen LogP contribution in [0.4, 0.5) is 5.95 Å². The van der Waals surface area contributed by atoms with E-state index in [9.17, 15) is 14.7 Å². The number of aromatic amines is 1. The van der Waals surface area contributed by atoms with Gasteiger partial charge in [0.15, 0.2) is 0 Å². The first-order valence-electron chi connectivity index (χ1n) is 10.9. The fourth-order valence-corrected chi connectivity index (χ4v) is 4.17. The normalized spacial score (nSPS) is 17.5. The number of H-pyrrole nitrogens is 1. The molecule has 5 rings (SSSR count). The molecule has 2 aromatic carbocycles. The zero-order chi connectivity index (χ0) is 23.8. The van der Waals surface area contributed by atoms with Gasteiger partial charge in [0.2, 0.25) is 5.95 Å². The summed E-state index contributed by atoms with van der Waals surface area (Å²) in [6.45, 7) is 4.35. The zero-order valence-electron chi connectivity index (χ0n) is 18.6. The number of aliphatic hydroxyl groups is 1. The number of nitrogens with zero attached hydrogens (tertiary/aromatic N) is 3. The largest absolute Gasteiger partial charge is 0.507 e. The minimum atomic E-state index is -0.878. The first kappa shape index (κ1) is 21.4. The predicted octanol–water partition coefficient (Wildman–Crippen LogP) is 4.29. The summed E-state index contributed by atoms with van der Waals surface area (Å²) < 4.78 is 5.46. The number of fused-ring (bicyclic) bond motifs is 1. The van der Waals surface area contributed by atoms with Gasteiger partial charge in [-0.25, -0.2) is 4.98 Å². The Morgan fingerprint density at radius 3 is 2.53 bits per heavy atom. The topological polar surface area (TPSA) is 108 Å². The molecular weight excluding hydrogens is 432 g/mol. The van der Waals surface area contributed by atoms with Gasteiger partial charge < -0.3 is 14.8 Å². The van der Waals surface area contributed by atoms with Gasteiger partial charge in [-0.3, -0.25) is 19.5 Å². The lowest BCUT2D eigenvalue weighted by molar-refractivity contribution is -0.132. The molecule has 0 radical (unpaired) electrons. The fraction of sp³-hybridized carbons (Fsp3) is 0.154. The molecule has 8 heteroatoms. The van der Waals surface area contributed by atoms with E-state index in [0.29, 0.717) is 29.0 Å². The maximum atomic E-state index is 13.3. The van der Waals surface area contributed by atoms with Gasteiger partial charge in [0.25, 0.3) is 5.78 Å². The first-order valence-corrected chi connectivity index (χ1v) is 10.9. The molecule has 1 aliphatic heterocycles. The number of anilines is 1. The van der Waals surface area contributed by atoms with Crippen LogP contribution in [-0.4, -0.2) is 38.4 Å². The monoisotopic (exact) mass is 454 g/mol. The van der Waals surface area contributed by atoms with Crippen LogP contribution in [0.5, 0.6) is 5.75 Å². The fourth-order valence-electron chi connectivity index (χ4n) is 4.17. The highest BCUT2D eigenvalue weighted by Gasteiger charge is 2.48. The van der Waals surface area contributed by atoms with Crippen LogP contribution in [0.25, 0.3) is 16.8 Å². The van der Waals surface area contributed by atoms with Crippen LogP contribution in [0.3, 0.4) is 0 Å². The lowest BCUT2D eigenvalue weighted by atomic mass is 9.96. The number of aliphatic hydroxyl groups excluding tert-OH is 1. The summed E-state index contributed by atoms with van der Waals surface area (Å²) in [5, 5.41) is 11.2. The van der Waals surface area contributed by atoms with E-state index in [1.807, 2.05) is 32.0 Å². The van der Waals surface area contributed by atoms with Crippen molar-refractivity contribution < 1.29 is 19.4 Å². The van der Waals surface area contributed by atoms with E-state index >= 15 is 0 Å². The molecule has 4 aromatic rings. The van der Waals surface area contributed by atoms with Gasteiger partial charge in [-0.15, -0.1) is 0 Å². The molecule has 3 heterocycles. The second-order valence-corrected chi connectivity index (χ2v) is 7.99. The smallest absolute Gasteiger partial charge is 0.302 e. The molecule has 1 atom stereocenters. The van der Waals surface area contributed by atoms with Gasteiger partial charge in [-0.05, 0) is 73.5 Å². The SMILES string of the molecule is CCOc1ccc(/C(O)=C2\C(=O)C(=O)N(c3nc4ccc(C)cc4[nH]3)C2c2ccncc2)cc1. The quantitative estimate of drug-likeness (QED) is 0.265. The average molecular weight is 454 g/mol. The van der Waals surface area contributed by atoms with Gasteiger partial charge in [0, 0.05) is 18.0 Å². The summed E-state index contributed by atoms with van der Waals surface area (Å²) in [6.07, 6.45) is 3.16. The number of hydrogen-bond acceptors (Lipinski definition) is 6. The van der Waals surface area contributed by atoms with E-state index in [-0.39, 0.29) is 17.3 Å². The maximum Gasteiger partial charge on any atom is 0.302 e. The minimum Gasteiger partial charge on any atom is -0.507 e. The van der Waals surface area contributed by atoms with Crippen molar-refractivity contribution in [3.05, 3.63) is 89.3 Å². The number of hydrogen-bond donors (Lipinski definition) is 2. The van der Waals surface area contributed by atoms with Crippen molar-refractivity contribution in [2.45, 2.75) is 19.9 Å². The van der Waals surface area contributed by atoms with E-state index in [2.05, 4.69) is 15.0 Å². The van der Waals surface area contributed by atoms with Gasteiger partial charge in [0.1, 0.15) is 11.5 Å². The van der Waals surface area contributed by atoms with Crippen molar-refractivity contribution in [3.8, 4) is 5.75 Å². The summed E-state index contributed by atoms with van der Waals surface area (Å²) in [7, 11) is 0. The molecular formula is C26H22N4O4. The number of Topliss-reactive ketones (excluding diaryl/α,β-unsaturated/α-hetero) is 1. The maximum absolute atomic E-state index is 13.3. The molecule has 0 saturated carbocycles. The number of carbonyl (C=O) groups is 2. The summed E-state index contributed by atoms with van der Waals surface area (Å²) in [6, 6.07) is 15.0. The predicted molar refractivity (Wildman–Crippen MR) is 127 cm³/mol. The van der Waals surface area contributed by atoms with E-state index in [1.54, 1.807) is 48.8 Å². The van der Waals surface area contributed by atoms with Gasteiger partial charge in [-0.2, -0.15) is 0 Å². The molecule has 1 unspecified atom stereocenters. The third-order valence-electron chi connectivity index (χ3n) is 5.76. The number of pyridine rings is 1. The summed E-state index contributed by atoms with van der Waals surface area (Å²) in [5.74, 6) is -0.953. The average Bonchev–Trinajstić information content (AvgIpc) is 3.37. The lowest BCUT2D eigenvalue weighted by Crippen LogP contribution is -2.30. The molecule has 1 aliphatic rings. The van der Waals surface area contributed by atoms with Crippen molar-refractivity contribution >= 4 is 34.4 Å². The highest BCUT2D eigenvalue weighted by Crippen LogP contribution is 2.41. The van der Waals surface area contributed by atoms with Crippen molar-refractivity contribution in [1.82, 2.24) is 15.0 Å². The van der Waals surface area contributed by atoms with Gasteiger partial charge >= 0.3 is 5.91 Å². The number of nitrogens with one attached hydrogen (secondary N) is 1. The second kappa shape index (κ2) is 8.47. The van der Waals surface area contributed by atoms with Crippen LogP contribution >= 0.6 is 0 Å². The highest BCUT2D eigenvalue weighted by atomic mass is 16.5. The Bertz CT molecular complexity index is 1420. The van der Waals surface area contributed by atoms with Crippen molar-refractivity contribution in [3.63, 3.8) is 0 Å². The third kappa shape index (κ3) is 3.59. The lowest BCUT2D eigenvalue weighted by Gasteiger charge is -2.22. The van der Waals surface area contributed by atoms with E-state index in [1.165, 1.54) is 4.90 Å². The molecule has 1 saturated heterocycles. The molecule has 0 bridgehead atoms. The number of carbonyl (C=O) groups excluding carboxylic acids is 2. The Balaban J connectivity index is 1.67. The molecule has 0 aliphatic carbocycles. The molecule has 8 nitrogen and oxygen atoms in total.